The molecule has 2 amide bonds. The number of aromatic nitrogens is 2. The Balaban J connectivity index is 1.56. The third-order valence-corrected chi connectivity index (χ3v) is 5.03. The van der Waals surface area contributed by atoms with Crippen LogP contribution in [0.2, 0.25) is 0 Å². The fraction of sp³-hybridized carbons (Fsp3) is 0.312. The number of benzene rings is 1. The lowest BCUT2D eigenvalue weighted by Gasteiger charge is -2.23. The van der Waals surface area contributed by atoms with Gasteiger partial charge in [0.1, 0.15) is 11.3 Å². The molecule has 25 heavy (non-hydrogen) atoms. The van der Waals surface area contributed by atoms with Gasteiger partial charge < -0.3 is 19.4 Å². The van der Waals surface area contributed by atoms with Crippen molar-refractivity contribution in [3.05, 3.63) is 28.8 Å². The first-order chi connectivity index (χ1) is 12.2. The van der Waals surface area contributed by atoms with Crippen molar-refractivity contribution in [2.75, 3.05) is 30.9 Å². The summed E-state index contributed by atoms with van der Waals surface area (Å²) in [7, 11) is 3.20. The number of fused-ring (bicyclic) bond motifs is 2. The first kappa shape index (κ1) is 15.7. The van der Waals surface area contributed by atoms with Crippen molar-refractivity contribution < 1.29 is 13.9 Å². The summed E-state index contributed by atoms with van der Waals surface area (Å²) in [4.78, 5) is 23.7. The molecule has 0 aliphatic carbocycles. The summed E-state index contributed by atoms with van der Waals surface area (Å²) in [6, 6.07) is 5.89. The molecule has 0 unspecified atom stereocenters. The van der Waals surface area contributed by atoms with Crippen molar-refractivity contribution in [1.82, 2.24) is 15.3 Å². The molecule has 1 aliphatic rings. The van der Waals surface area contributed by atoms with Gasteiger partial charge >= 0.3 is 6.03 Å². The third kappa shape index (κ3) is 2.98. The van der Waals surface area contributed by atoms with Gasteiger partial charge in [-0.15, -0.1) is 0 Å². The van der Waals surface area contributed by atoms with E-state index in [0.29, 0.717) is 17.7 Å². The number of carbonyl (C=O) groups excluding carboxylic acids is 1. The normalized spacial score (nSPS) is 13.6. The van der Waals surface area contributed by atoms with Gasteiger partial charge in [0, 0.05) is 31.0 Å². The summed E-state index contributed by atoms with van der Waals surface area (Å²) in [5.74, 6) is 0.751. The Morgan fingerprint density at radius 1 is 1.40 bits per heavy atom. The fourth-order valence-electron chi connectivity index (χ4n) is 2.73. The van der Waals surface area contributed by atoms with Crippen LogP contribution in [0.15, 0.2) is 22.6 Å². The number of rotatable bonds is 3. The van der Waals surface area contributed by atoms with Crippen LogP contribution in [0.1, 0.15) is 10.6 Å². The van der Waals surface area contributed by atoms with Crippen molar-refractivity contribution in [1.29, 1.82) is 0 Å². The molecular formula is C16H17N5O3S. The monoisotopic (exact) mass is 359 g/mol. The van der Waals surface area contributed by atoms with Crippen molar-refractivity contribution >= 4 is 39.6 Å². The zero-order valence-electron chi connectivity index (χ0n) is 13.8. The molecule has 0 saturated carbocycles. The lowest BCUT2D eigenvalue weighted by atomic mass is 10.2. The average molecular weight is 359 g/mol. The average Bonchev–Trinajstić information content (AvgIpc) is 3.23. The third-order valence-electron chi connectivity index (χ3n) is 4.03. The van der Waals surface area contributed by atoms with Crippen LogP contribution in [-0.4, -0.2) is 36.7 Å². The summed E-state index contributed by atoms with van der Waals surface area (Å²) in [6.45, 7) is 1.42. The number of thiazole rings is 1. The Kier molecular flexibility index (Phi) is 3.92. The standard InChI is InChI=1S/C16H17N5O3S/c1-17-14(22)20-15-18-10-5-6-21(8-13(10)25-15)16-19-11-7-9(23-2)3-4-12(11)24-16/h3-4,7H,5-6,8H2,1-2H3,(H2,17,18,20,22). The zero-order valence-corrected chi connectivity index (χ0v) is 14.6. The number of oxazole rings is 1. The van der Waals surface area contributed by atoms with Gasteiger partial charge in [0.15, 0.2) is 10.7 Å². The summed E-state index contributed by atoms with van der Waals surface area (Å²) < 4.78 is 11.1. The van der Waals surface area contributed by atoms with Crippen molar-refractivity contribution in [2.45, 2.75) is 13.0 Å². The quantitative estimate of drug-likeness (QED) is 0.747. The maximum Gasteiger partial charge on any atom is 0.320 e. The van der Waals surface area contributed by atoms with E-state index in [0.717, 1.165) is 40.4 Å². The summed E-state index contributed by atoms with van der Waals surface area (Å²) >= 11 is 1.48. The number of anilines is 2. The first-order valence-corrected chi connectivity index (χ1v) is 8.65. The van der Waals surface area contributed by atoms with E-state index in [1.807, 2.05) is 18.2 Å². The SMILES string of the molecule is CNC(=O)Nc1nc2c(s1)CN(c1nc3cc(OC)ccc3o1)CC2. The molecule has 0 atom stereocenters. The van der Waals surface area contributed by atoms with Crippen LogP contribution in [0.3, 0.4) is 0 Å². The Labute approximate surface area is 147 Å². The van der Waals surface area contributed by atoms with Gasteiger partial charge in [-0.3, -0.25) is 5.32 Å². The number of hydrogen-bond acceptors (Lipinski definition) is 7. The lowest BCUT2D eigenvalue weighted by molar-refractivity contribution is 0.254. The summed E-state index contributed by atoms with van der Waals surface area (Å²) in [6.07, 6.45) is 0.781. The fourth-order valence-corrected chi connectivity index (χ4v) is 3.75. The number of amides is 2. The van der Waals surface area contributed by atoms with E-state index in [1.54, 1.807) is 14.2 Å². The highest BCUT2D eigenvalue weighted by Gasteiger charge is 2.24. The predicted molar refractivity (Wildman–Crippen MR) is 95.5 cm³/mol. The maximum absolute atomic E-state index is 11.4. The Morgan fingerprint density at radius 3 is 3.08 bits per heavy atom. The minimum absolute atomic E-state index is 0.268. The molecule has 4 rings (SSSR count). The summed E-state index contributed by atoms with van der Waals surface area (Å²) in [5, 5.41) is 5.85. The summed E-state index contributed by atoms with van der Waals surface area (Å²) in [5.41, 5.74) is 2.52. The van der Waals surface area contributed by atoms with Crippen LogP contribution in [0.4, 0.5) is 15.9 Å². The van der Waals surface area contributed by atoms with Gasteiger partial charge in [-0.05, 0) is 12.1 Å². The highest BCUT2D eigenvalue weighted by Crippen LogP contribution is 2.32. The van der Waals surface area contributed by atoms with Gasteiger partial charge in [0.05, 0.1) is 19.3 Å². The molecule has 8 nitrogen and oxygen atoms in total. The lowest BCUT2D eigenvalue weighted by Crippen LogP contribution is -2.29. The number of methoxy groups -OCH3 is 1. The van der Waals surface area contributed by atoms with Crippen LogP contribution in [-0.2, 0) is 13.0 Å². The number of urea groups is 1. The second-order valence-corrected chi connectivity index (χ2v) is 6.68. The zero-order chi connectivity index (χ0) is 17.4. The molecule has 9 heteroatoms. The van der Waals surface area contributed by atoms with Crippen molar-refractivity contribution in [2.24, 2.45) is 0 Å². The van der Waals surface area contributed by atoms with Crippen LogP contribution in [0.5, 0.6) is 5.75 Å². The Bertz CT molecular complexity index is 935. The van der Waals surface area contributed by atoms with E-state index >= 15 is 0 Å². The molecule has 0 fully saturated rings. The van der Waals surface area contributed by atoms with Crippen LogP contribution in [0, 0.1) is 0 Å². The molecule has 0 saturated heterocycles. The number of ether oxygens (including phenoxy) is 1. The minimum Gasteiger partial charge on any atom is -0.497 e. The number of nitrogens with one attached hydrogen (secondary N) is 2. The van der Waals surface area contributed by atoms with Gasteiger partial charge in [0.25, 0.3) is 6.01 Å². The topological polar surface area (TPSA) is 92.5 Å². The van der Waals surface area contributed by atoms with Gasteiger partial charge in [-0.2, -0.15) is 4.98 Å². The maximum atomic E-state index is 11.4. The Hall–Kier alpha value is -2.81. The van der Waals surface area contributed by atoms with Gasteiger partial charge in [0.2, 0.25) is 0 Å². The van der Waals surface area contributed by atoms with Crippen LogP contribution in [0.25, 0.3) is 11.1 Å². The molecule has 130 valence electrons. The van der Waals surface area contributed by atoms with E-state index in [1.165, 1.54) is 11.3 Å². The molecule has 1 aromatic carbocycles. The smallest absolute Gasteiger partial charge is 0.320 e. The molecule has 0 spiro atoms. The number of hydrogen-bond donors (Lipinski definition) is 2. The van der Waals surface area contributed by atoms with Crippen molar-refractivity contribution in [3.63, 3.8) is 0 Å². The number of carbonyl (C=O) groups is 1. The van der Waals surface area contributed by atoms with Crippen LogP contribution < -0.4 is 20.3 Å². The van der Waals surface area contributed by atoms with E-state index in [9.17, 15) is 4.79 Å². The minimum atomic E-state index is -0.268. The molecule has 0 bridgehead atoms. The van der Waals surface area contributed by atoms with E-state index < -0.39 is 0 Å². The second-order valence-electron chi connectivity index (χ2n) is 5.59. The molecule has 3 heterocycles. The molecule has 2 aromatic heterocycles. The van der Waals surface area contributed by atoms with E-state index in [4.69, 9.17) is 9.15 Å². The predicted octanol–water partition coefficient (Wildman–Crippen LogP) is 2.61. The molecule has 1 aliphatic heterocycles. The van der Waals surface area contributed by atoms with Crippen LogP contribution >= 0.6 is 11.3 Å². The van der Waals surface area contributed by atoms with Gasteiger partial charge in [-0.1, -0.05) is 11.3 Å². The molecule has 0 radical (unpaired) electrons. The van der Waals surface area contributed by atoms with E-state index in [2.05, 4.69) is 25.5 Å². The highest BCUT2D eigenvalue weighted by molar-refractivity contribution is 7.15. The van der Waals surface area contributed by atoms with Gasteiger partial charge in [-0.25, -0.2) is 9.78 Å². The Morgan fingerprint density at radius 2 is 2.28 bits per heavy atom. The molecule has 3 aromatic rings. The van der Waals surface area contributed by atoms with Crippen molar-refractivity contribution in [3.8, 4) is 5.75 Å². The largest absolute Gasteiger partial charge is 0.497 e. The second kappa shape index (κ2) is 6.25. The molecule has 2 N–H and O–H groups in total. The first-order valence-electron chi connectivity index (χ1n) is 7.83. The highest BCUT2D eigenvalue weighted by atomic mass is 32.1. The number of nitrogens with zero attached hydrogens (tertiary/aromatic N) is 3. The molecular weight excluding hydrogens is 342 g/mol. The van der Waals surface area contributed by atoms with E-state index in [-0.39, 0.29) is 6.03 Å².